The van der Waals surface area contributed by atoms with Gasteiger partial charge in [0.2, 0.25) is 5.91 Å². The van der Waals surface area contributed by atoms with Crippen LogP contribution in [-0.4, -0.2) is 18.5 Å². The Labute approximate surface area is 99.6 Å². The number of nitrogens with one attached hydrogen (secondary N) is 1. The molecule has 2 aliphatic rings. The van der Waals surface area contributed by atoms with Gasteiger partial charge in [-0.05, 0) is 31.0 Å². The Morgan fingerprint density at radius 2 is 2.06 bits per heavy atom. The summed E-state index contributed by atoms with van der Waals surface area (Å²) in [5.74, 6) is -0.310. The molecular formula is C13H15FN2O. The molecule has 4 heteroatoms. The Balaban J connectivity index is 2.10. The first kappa shape index (κ1) is 10.6. The van der Waals surface area contributed by atoms with Crippen LogP contribution in [0.1, 0.15) is 25.7 Å². The zero-order valence-electron chi connectivity index (χ0n) is 9.79. The highest BCUT2D eigenvalue weighted by Gasteiger charge is 2.48. The number of benzene rings is 1. The number of carbonyl (C=O) groups is 1. The first-order chi connectivity index (χ1) is 8.13. The number of likely N-dealkylation sites (N-methyl/N-ethyl adjacent to an activating group) is 1. The van der Waals surface area contributed by atoms with E-state index in [4.69, 9.17) is 0 Å². The van der Waals surface area contributed by atoms with Gasteiger partial charge in [0, 0.05) is 7.05 Å². The summed E-state index contributed by atoms with van der Waals surface area (Å²) in [4.78, 5) is 14.2. The highest BCUT2D eigenvalue weighted by Crippen LogP contribution is 2.44. The molecule has 3 nitrogen and oxygen atoms in total. The van der Waals surface area contributed by atoms with Gasteiger partial charge in [-0.2, -0.15) is 0 Å². The normalized spacial score (nSPS) is 21.5. The number of hydrogen-bond donors (Lipinski definition) is 1. The van der Waals surface area contributed by atoms with Crippen LogP contribution in [0.4, 0.5) is 15.8 Å². The summed E-state index contributed by atoms with van der Waals surface area (Å²) in [7, 11) is 1.93. The third-order valence-corrected chi connectivity index (χ3v) is 4.06. The van der Waals surface area contributed by atoms with Gasteiger partial charge in [-0.25, -0.2) is 4.39 Å². The summed E-state index contributed by atoms with van der Waals surface area (Å²) in [6, 6.07) is 4.56. The van der Waals surface area contributed by atoms with E-state index in [1.54, 1.807) is 6.07 Å². The first-order valence-electron chi connectivity index (χ1n) is 5.98. The van der Waals surface area contributed by atoms with E-state index < -0.39 is 5.54 Å². The van der Waals surface area contributed by atoms with E-state index in [9.17, 15) is 9.18 Å². The molecule has 1 aliphatic heterocycles. The van der Waals surface area contributed by atoms with Gasteiger partial charge < -0.3 is 10.2 Å². The molecule has 0 atom stereocenters. The number of fused-ring (bicyclic) bond motifs is 1. The number of amides is 1. The van der Waals surface area contributed by atoms with Gasteiger partial charge in [0.1, 0.15) is 11.4 Å². The van der Waals surface area contributed by atoms with Gasteiger partial charge >= 0.3 is 0 Å². The van der Waals surface area contributed by atoms with Crippen LogP contribution in [0.15, 0.2) is 18.2 Å². The highest BCUT2D eigenvalue weighted by atomic mass is 19.1. The zero-order chi connectivity index (χ0) is 12.0. The molecule has 0 radical (unpaired) electrons. The van der Waals surface area contributed by atoms with Crippen molar-refractivity contribution in [3.05, 3.63) is 24.0 Å². The standard InChI is InChI=1S/C13H15FN2O/c1-16-11-5-4-9(14)8-10(11)15-12(17)13(16)6-2-3-7-13/h4-5,8H,2-3,6-7H2,1H3,(H,15,17). The van der Waals surface area contributed by atoms with Crippen LogP contribution in [0.3, 0.4) is 0 Å². The molecule has 1 amide bonds. The molecule has 1 aliphatic carbocycles. The second-order valence-corrected chi connectivity index (χ2v) is 4.91. The third kappa shape index (κ3) is 1.36. The minimum Gasteiger partial charge on any atom is -0.358 e. The van der Waals surface area contributed by atoms with Gasteiger partial charge in [-0.3, -0.25) is 4.79 Å². The number of nitrogens with zero attached hydrogens (tertiary/aromatic N) is 1. The van der Waals surface area contributed by atoms with E-state index >= 15 is 0 Å². The molecule has 3 rings (SSSR count). The summed E-state index contributed by atoms with van der Waals surface area (Å²) in [5.41, 5.74) is 1.08. The monoisotopic (exact) mass is 234 g/mol. The lowest BCUT2D eigenvalue weighted by atomic mass is 9.91. The van der Waals surface area contributed by atoms with Crippen molar-refractivity contribution in [2.45, 2.75) is 31.2 Å². The lowest BCUT2D eigenvalue weighted by Crippen LogP contribution is -2.56. The van der Waals surface area contributed by atoms with Gasteiger partial charge in [-0.15, -0.1) is 0 Å². The lowest BCUT2D eigenvalue weighted by molar-refractivity contribution is -0.121. The maximum absolute atomic E-state index is 13.1. The maximum Gasteiger partial charge on any atom is 0.250 e. The lowest BCUT2D eigenvalue weighted by Gasteiger charge is -2.43. The summed E-state index contributed by atoms with van der Waals surface area (Å²) in [6.07, 6.45) is 3.92. The van der Waals surface area contributed by atoms with Crippen molar-refractivity contribution >= 4 is 17.3 Å². The van der Waals surface area contributed by atoms with Crippen LogP contribution in [-0.2, 0) is 4.79 Å². The van der Waals surface area contributed by atoms with E-state index in [1.165, 1.54) is 12.1 Å². The molecule has 1 aromatic carbocycles. The van der Waals surface area contributed by atoms with Crippen LogP contribution in [0.2, 0.25) is 0 Å². The van der Waals surface area contributed by atoms with Crippen LogP contribution in [0, 0.1) is 5.82 Å². The summed E-state index contributed by atoms with van der Waals surface area (Å²) < 4.78 is 13.1. The molecule has 1 N–H and O–H groups in total. The predicted molar refractivity (Wildman–Crippen MR) is 64.6 cm³/mol. The summed E-state index contributed by atoms with van der Waals surface area (Å²) in [5, 5.41) is 2.84. The van der Waals surface area contributed by atoms with E-state index in [1.807, 2.05) is 11.9 Å². The van der Waals surface area contributed by atoms with Crippen LogP contribution < -0.4 is 10.2 Å². The van der Waals surface area contributed by atoms with Crippen molar-refractivity contribution in [1.29, 1.82) is 0 Å². The summed E-state index contributed by atoms with van der Waals surface area (Å²) >= 11 is 0. The molecule has 1 heterocycles. The number of hydrogen-bond acceptors (Lipinski definition) is 2. The first-order valence-corrected chi connectivity index (χ1v) is 5.98. The van der Waals surface area contributed by atoms with Crippen molar-refractivity contribution < 1.29 is 9.18 Å². The van der Waals surface area contributed by atoms with Gasteiger partial charge in [0.25, 0.3) is 0 Å². The average Bonchev–Trinajstić information content (AvgIpc) is 2.77. The Hall–Kier alpha value is -1.58. The number of carbonyl (C=O) groups excluding carboxylic acids is 1. The second-order valence-electron chi connectivity index (χ2n) is 4.91. The fourth-order valence-corrected chi connectivity index (χ4v) is 3.04. The number of anilines is 2. The van der Waals surface area contributed by atoms with Crippen molar-refractivity contribution in [3.63, 3.8) is 0 Å². The van der Waals surface area contributed by atoms with Gasteiger partial charge in [0.15, 0.2) is 0 Å². The third-order valence-electron chi connectivity index (χ3n) is 4.06. The molecule has 90 valence electrons. The van der Waals surface area contributed by atoms with Crippen LogP contribution in [0.25, 0.3) is 0 Å². The Morgan fingerprint density at radius 3 is 2.76 bits per heavy atom. The van der Waals surface area contributed by atoms with Crippen molar-refractivity contribution in [2.75, 3.05) is 17.3 Å². The molecule has 0 bridgehead atoms. The van der Waals surface area contributed by atoms with Crippen molar-refractivity contribution in [1.82, 2.24) is 0 Å². The molecule has 1 spiro atoms. The van der Waals surface area contributed by atoms with E-state index in [0.717, 1.165) is 31.4 Å². The van der Waals surface area contributed by atoms with E-state index in [2.05, 4.69) is 5.32 Å². The van der Waals surface area contributed by atoms with Gasteiger partial charge in [0.05, 0.1) is 11.4 Å². The number of rotatable bonds is 0. The molecule has 0 unspecified atom stereocenters. The Kier molecular flexibility index (Phi) is 2.15. The largest absolute Gasteiger partial charge is 0.358 e. The highest BCUT2D eigenvalue weighted by molar-refractivity contribution is 6.06. The molecule has 17 heavy (non-hydrogen) atoms. The second kappa shape index (κ2) is 3.45. The SMILES string of the molecule is CN1c2ccc(F)cc2NC(=O)C12CCCC2. The minimum absolute atomic E-state index is 0.00981. The predicted octanol–water partition coefficient (Wildman–Crippen LogP) is 2.53. The molecule has 1 aromatic rings. The molecule has 0 aromatic heterocycles. The quantitative estimate of drug-likeness (QED) is 0.748. The molecule has 1 saturated carbocycles. The maximum atomic E-state index is 13.1. The molecular weight excluding hydrogens is 219 g/mol. The average molecular weight is 234 g/mol. The van der Waals surface area contributed by atoms with Crippen molar-refractivity contribution in [2.24, 2.45) is 0 Å². The van der Waals surface area contributed by atoms with Crippen LogP contribution >= 0.6 is 0 Å². The van der Waals surface area contributed by atoms with E-state index in [-0.39, 0.29) is 11.7 Å². The Bertz CT molecular complexity index is 480. The summed E-state index contributed by atoms with van der Waals surface area (Å²) in [6.45, 7) is 0. The van der Waals surface area contributed by atoms with E-state index in [0.29, 0.717) is 5.69 Å². The molecule has 1 fully saturated rings. The van der Waals surface area contributed by atoms with Gasteiger partial charge in [-0.1, -0.05) is 12.8 Å². The fraction of sp³-hybridized carbons (Fsp3) is 0.462. The molecule has 0 saturated heterocycles. The van der Waals surface area contributed by atoms with Crippen molar-refractivity contribution in [3.8, 4) is 0 Å². The van der Waals surface area contributed by atoms with Crippen LogP contribution in [0.5, 0.6) is 0 Å². The number of halogens is 1. The Morgan fingerprint density at radius 1 is 1.35 bits per heavy atom. The topological polar surface area (TPSA) is 32.3 Å². The smallest absolute Gasteiger partial charge is 0.250 e. The zero-order valence-corrected chi connectivity index (χ0v) is 9.79. The fourth-order valence-electron chi connectivity index (χ4n) is 3.04. The minimum atomic E-state index is -0.412.